The molecule has 0 spiro atoms. The summed E-state index contributed by atoms with van der Waals surface area (Å²) in [6.45, 7) is 4.22. The summed E-state index contributed by atoms with van der Waals surface area (Å²) in [6.07, 6.45) is 4.52. The number of hydrogen-bond donors (Lipinski definition) is 2. The van der Waals surface area contributed by atoms with Crippen LogP contribution in [0.25, 0.3) is 0 Å². The number of nitrogens with two attached hydrogens (primary N) is 1. The molecule has 0 bridgehead atoms. The smallest absolute Gasteiger partial charge is 0.0473 e. The summed E-state index contributed by atoms with van der Waals surface area (Å²) in [5.74, 6) is 0. The third-order valence-corrected chi connectivity index (χ3v) is 3.26. The molecular weight excluding hydrogens is 174 g/mol. The Morgan fingerprint density at radius 2 is 2.57 bits per heavy atom. The van der Waals surface area contributed by atoms with Crippen LogP contribution in [0.2, 0.25) is 0 Å². The van der Waals surface area contributed by atoms with E-state index in [2.05, 4.69) is 28.9 Å². The van der Waals surface area contributed by atoms with Crippen molar-refractivity contribution in [3.63, 3.8) is 0 Å². The number of aromatic amines is 1. The zero-order chi connectivity index (χ0) is 9.97. The monoisotopic (exact) mass is 193 g/mol. The lowest BCUT2D eigenvalue weighted by Crippen LogP contribution is -2.37. The van der Waals surface area contributed by atoms with Gasteiger partial charge in [0.15, 0.2) is 0 Å². The Kier molecular flexibility index (Phi) is 2.89. The molecule has 3 nitrogen and oxygen atoms in total. The first-order chi connectivity index (χ1) is 6.83. The van der Waals surface area contributed by atoms with Crippen LogP contribution in [0.4, 0.5) is 0 Å². The van der Waals surface area contributed by atoms with Gasteiger partial charge < -0.3 is 10.7 Å². The zero-order valence-corrected chi connectivity index (χ0v) is 8.74. The predicted octanol–water partition coefficient (Wildman–Crippen LogP) is 1.50. The van der Waals surface area contributed by atoms with Crippen LogP contribution in [0, 0.1) is 0 Å². The van der Waals surface area contributed by atoms with Crippen molar-refractivity contribution < 1.29 is 0 Å². The molecular formula is C11H19N3. The minimum atomic E-state index is 0.473. The Labute approximate surface area is 85.3 Å². The van der Waals surface area contributed by atoms with Crippen molar-refractivity contribution in [3.05, 3.63) is 24.0 Å². The highest BCUT2D eigenvalue weighted by Gasteiger charge is 2.28. The summed E-state index contributed by atoms with van der Waals surface area (Å²) in [4.78, 5) is 5.78. The maximum atomic E-state index is 5.76. The van der Waals surface area contributed by atoms with Crippen LogP contribution in [-0.2, 0) is 0 Å². The molecule has 3 N–H and O–H groups in total. The quantitative estimate of drug-likeness (QED) is 0.764. The second-order valence-corrected chi connectivity index (χ2v) is 4.07. The largest absolute Gasteiger partial charge is 0.364 e. The van der Waals surface area contributed by atoms with Crippen LogP contribution in [0.5, 0.6) is 0 Å². The normalized spacial score (nSPS) is 25.4. The fraction of sp³-hybridized carbons (Fsp3) is 0.636. The Balaban J connectivity index is 2.07. The first-order valence-electron chi connectivity index (χ1n) is 5.42. The molecule has 1 aliphatic rings. The van der Waals surface area contributed by atoms with Gasteiger partial charge in [0, 0.05) is 30.5 Å². The SMILES string of the molecule is CC(c1ccc[nH]1)N1CCCC1CN. The summed E-state index contributed by atoms with van der Waals surface area (Å²) < 4.78 is 0. The molecule has 0 aromatic carbocycles. The van der Waals surface area contributed by atoms with Crippen molar-refractivity contribution in [2.24, 2.45) is 5.73 Å². The standard InChI is InChI=1S/C11H19N3/c1-9(11-5-2-6-13-11)14-7-3-4-10(14)8-12/h2,5-6,9-10,13H,3-4,7-8,12H2,1H3. The lowest BCUT2D eigenvalue weighted by Gasteiger charge is -2.29. The first-order valence-corrected chi connectivity index (χ1v) is 5.42. The highest BCUT2D eigenvalue weighted by molar-refractivity contribution is 5.09. The van der Waals surface area contributed by atoms with Crippen LogP contribution >= 0.6 is 0 Å². The van der Waals surface area contributed by atoms with E-state index in [0.717, 1.165) is 6.54 Å². The molecule has 14 heavy (non-hydrogen) atoms. The van der Waals surface area contributed by atoms with Gasteiger partial charge in [0.05, 0.1) is 0 Å². The van der Waals surface area contributed by atoms with Gasteiger partial charge in [0.1, 0.15) is 0 Å². The van der Waals surface area contributed by atoms with Crippen molar-refractivity contribution >= 4 is 0 Å². The van der Waals surface area contributed by atoms with E-state index in [9.17, 15) is 0 Å². The molecule has 1 fully saturated rings. The molecule has 2 unspecified atom stereocenters. The maximum absolute atomic E-state index is 5.76. The third-order valence-electron chi connectivity index (χ3n) is 3.26. The van der Waals surface area contributed by atoms with Crippen molar-refractivity contribution in [1.29, 1.82) is 0 Å². The molecule has 78 valence electrons. The van der Waals surface area contributed by atoms with E-state index in [1.807, 2.05) is 6.20 Å². The number of H-pyrrole nitrogens is 1. The predicted molar refractivity (Wildman–Crippen MR) is 58.0 cm³/mol. The van der Waals surface area contributed by atoms with Gasteiger partial charge in [-0.2, -0.15) is 0 Å². The van der Waals surface area contributed by atoms with Crippen molar-refractivity contribution in [3.8, 4) is 0 Å². The van der Waals surface area contributed by atoms with Gasteiger partial charge in [-0.3, -0.25) is 4.90 Å². The van der Waals surface area contributed by atoms with Crippen LogP contribution in [-0.4, -0.2) is 29.0 Å². The van der Waals surface area contributed by atoms with Crippen LogP contribution in [0.1, 0.15) is 31.5 Å². The summed E-state index contributed by atoms with van der Waals surface area (Å²) in [6, 6.07) is 5.25. The van der Waals surface area contributed by atoms with Gasteiger partial charge >= 0.3 is 0 Å². The van der Waals surface area contributed by atoms with Gasteiger partial charge in [-0.1, -0.05) is 0 Å². The van der Waals surface area contributed by atoms with Crippen LogP contribution in [0.15, 0.2) is 18.3 Å². The Bertz CT molecular complexity index is 268. The maximum Gasteiger partial charge on any atom is 0.0473 e. The molecule has 1 aromatic rings. The summed E-state index contributed by atoms with van der Waals surface area (Å²) in [7, 11) is 0. The number of nitrogens with one attached hydrogen (secondary N) is 1. The molecule has 2 rings (SSSR count). The minimum absolute atomic E-state index is 0.473. The molecule has 0 radical (unpaired) electrons. The molecule has 3 heteroatoms. The Morgan fingerprint density at radius 3 is 3.21 bits per heavy atom. The average molecular weight is 193 g/mol. The van der Waals surface area contributed by atoms with E-state index in [1.54, 1.807) is 0 Å². The van der Waals surface area contributed by atoms with Crippen molar-refractivity contribution in [2.45, 2.75) is 31.8 Å². The third kappa shape index (κ3) is 1.70. The Morgan fingerprint density at radius 1 is 1.71 bits per heavy atom. The molecule has 1 aromatic heterocycles. The topological polar surface area (TPSA) is 45.0 Å². The van der Waals surface area contributed by atoms with Crippen molar-refractivity contribution in [1.82, 2.24) is 9.88 Å². The number of nitrogens with zero attached hydrogens (tertiary/aromatic N) is 1. The highest BCUT2D eigenvalue weighted by Crippen LogP contribution is 2.27. The van der Waals surface area contributed by atoms with Gasteiger partial charge in [-0.25, -0.2) is 0 Å². The molecule has 0 aliphatic carbocycles. The second-order valence-electron chi connectivity index (χ2n) is 4.07. The van der Waals surface area contributed by atoms with Crippen molar-refractivity contribution in [2.75, 3.05) is 13.1 Å². The van der Waals surface area contributed by atoms with Gasteiger partial charge in [0.2, 0.25) is 0 Å². The molecule has 1 saturated heterocycles. The van der Waals surface area contributed by atoms with Gasteiger partial charge in [-0.05, 0) is 38.4 Å². The fourth-order valence-corrected chi connectivity index (χ4v) is 2.40. The number of rotatable bonds is 3. The van der Waals surface area contributed by atoms with E-state index in [1.165, 1.54) is 25.1 Å². The van der Waals surface area contributed by atoms with Crippen LogP contribution in [0.3, 0.4) is 0 Å². The van der Waals surface area contributed by atoms with Gasteiger partial charge in [0.25, 0.3) is 0 Å². The number of aromatic nitrogens is 1. The molecule has 2 atom stereocenters. The van der Waals surface area contributed by atoms with E-state index in [-0.39, 0.29) is 0 Å². The zero-order valence-electron chi connectivity index (χ0n) is 8.74. The summed E-state index contributed by atoms with van der Waals surface area (Å²) in [5, 5.41) is 0. The number of hydrogen-bond acceptors (Lipinski definition) is 2. The highest BCUT2D eigenvalue weighted by atomic mass is 15.2. The minimum Gasteiger partial charge on any atom is -0.364 e. The van der Waals surface area contributed by atoms with E-state index >= 15 is 0 Å². The van der Waals surface area contributed by atoms with E-state index in [0.29, 0.717) is 12.1 Å². The van der Waals surface area contributed by atoms with E-state index < -0.39 is 0 Å². The summed E-state index contributed by atoms with van der Waals surface area (Å²) in [5.41, 5.74) is 7.06. The molecule has 1 aliphatic heterocycles. The number of likely N-dealkylation sites (tertiary alicyclic amines) is 1. The second kappa shape index (κ2) is 4.15. The molecule has 0 amide bonds. The Hall–Kier alpha value is -0.800. The lowest BCUT2D eigenvalue weighted by atomic mass is 10.1. The fourth-order valence-electron chi connectivity index (χ4n) is 2.40. The summed E-state index contributed by atoms with van der Waals surface area (Å²) >= 11 is 0. The molecule has 0 saturated carbocycles. The molecule has 2 heterocycles. The first kappa shape index (κ1) is 9.74. The van der Waals surface area contributed by atoms with Crippen LogP contribution < -0.4 is 5.73 Å². The lowest BCUT2D eigenvalue weighted by molar-refractivity contribution is 0.194. The van der Waals surface area contributed by atoms with Gasteiger partial charge in [-0.15, -0.1) is 0 Å². The average Bonchev–Trinajstić information content (AvgIpc) is 2.87. The van der Waals surface area contributed by atoms with E-state index in [4.69, 9.17) is 5.73 Å².